The lowest BCUT2D eigenvalue weighted by molar-refractivity contribution is -0.121. The largest absolute Gasteiger partial charge is 0.454 e. The molecule has 0 N–H and O–H groups in total. The number of amides is 2. The molecule has 11 heteroatoms. The number of hydrogen-bond acceptors (Lipinski definition) is 8. The van der Waals surface area contributed by atoms with E-state index >= 15 is 0 Å². The summed E-state index contributed by atoms with van der Waals surface area (Å²) in [5.74, 6) is -1.88. The highest BCUT2D eigenvalue weighted by Gasteiger charge is 2.41. The van der Waals surface area contributed by atoms with E-state index in [4.69, 9.17) is 4.74 Å². The normalized spacial score (nSPS) is 15.1. The Morgan fingerprint density at radius 3 is 2.35 bits per heavy atom. The number of fused-ring (bicyclic) bond motifs is 1. The van der Waals surface area contributed by atoms with E-state index in [1.54, 1.807) is 48.5 Å². The van der Waals surface area contributed by atoms with Gasteiger partial charge < -0.3 is 4.74 Å². The maximum atomic E-state index is 13.3. The molecule has 1 aliphatic heterocycles. The van der Waals surface area contributed by atoms with Gasteiger partial charge in [0, 0.05) is 23.0 Å². The van der Waals surface area contributed by atoms with E-state index in [1.807, 2.05) is 6.92 Å². The molecule has 202 valence electrons. The smallest absolute Gasteiger partial charge is 0.338 e. The van der Waals surface area contributed by atoms with E-state index in [0.29, 0.717) is 33.9 Å². The summed E-state index contributed by atoms with van der Waals surface area (Å²) in [7, 11) is 0. The number of aromatic nitrogens is 2. The first-order valence-electron chi connectivity index (χ1n) is 12.4. The number of ether oxygens (including phenoxy) is 1. The average Bonchev–Trinajstić information content (AvgIpc) is 3.24. The number of para-hydroxylation sites is 1. The molecule has 3 aromatic carbocycles. The van der Waals surface area contributed by atoms with Crippen LogP contribution in [0.4, 0.5) is 5.69 Å². The fourth-order valence-corrected chi connectivity index (χ4v) is 5.73. The van der Waals surface area contributed by atoms with Crippen molar-refractivity contribution in [3.63, 3.8) is 0 Å². The zero-order chi connectivity index (χ0) is 28.4. The molecule has 1 aromatic heterocycles. The quantitative estimate of drug-likeness (QED) is 0.121. The van der Waals surface area contributed by atoms with Crippen molar-refractivity contribution in [1.82, 2.24) is 9.55 Å². The Hall–Kier alpha value is -4.09. The monoisotopic (exact) mass is 619 g/mol. The minimum absolute atomic E-state index is 0.0577. The van der Waals surface area contributed by atoms with Gasteiger partial charge in [-0.25, -0.2) is 14.7 Å². The van der Waals surface area contributed by atoms with Gasteiger partial charge in [-0.05, 0) is 55.5 Å². The summed E-state index contributed by atoms with van der Waals surface area (Å²) in [6.07, 6.45) is -0.0577. The SMILES string of the molecule is CCn1c(SC2CC(=O)N(c3ccc(C(=O)OCC(=O)c4ccc(Br)cc4)cc3)C2=O)nc2ccccc2c1=O. The molecule has 2 heterocycles. The van der Waals surface area contributed by atoms with E-state index in [-0.39, 0.29) is 23.3 Å². The number of nitrogens with zero attached hydrogens (tertiary/aromatic N) is 3. The lowest BCUT2D eigenvalue weighted by Crippen LogP contribution is -2.31. The summed E-state index contributed by atoms with van der Waals surface area (Å²) in [4.78, 5) is 69.4. The molecular weight excluding hydrogens is 598 g/mol. The molecule has 1 atom stereocenters. The minimum atomic E-state index is -0.757. The number of carbonyl (C=O) groups is 4. The maximum Gasteiger partial charge on any atom is 0.338 e. The average molecular weight is 620 g/mol. The van der Waals surface area contributed by atoms with E-state index in [2.05, 4.69) is 20.9 Å². The van der Waals surface area contributed by atoms with Crippen molar-refractivity contribution in [3.8, 4) is 0 Å². The Labute approximate surface area is 241 Å². The van der Waals surface area contributed by atoms with Crippen LogP contribution in [0.15, 0.2) is 87.2 Å². The van der Waals surface area contributed by atoms with Gasteiger partial charge in [0.05, 0.1) is 22.2 Å². The van der Waals surface area contributed by atoms with Crippen LogP contribution in [0, 0.1) is 0 Å². The maximum absolute atomic E-state index is 13.3. The van der Waals surface area contributed by atoms with E-state index in [0.717, 1.165) is 21.1 Å². The third kappa shape index (κ3) is 5.47. The van der Waals surface area contributed by atoms with Gasteiger partial charge in [0.25, 0.3) is 5.56 Å². The van der Waals surface area contributed by atoms with Crippen LogP contribution in [0.1, 0.15) is 34.1 Å². The van der Waals surface area contributed by atoms with Crippen molar-refractivity contribution in [2.75, 3.05) is 11.5 Å². The summed E-state index contributed by atoms with van der Waals surface area (Å²) in [5.41, 5.74) is 1.21. The third-order valence-corrected chi connectivity index (χ3v) is 8.06. The van der Waals surface area contributed by atoms with Crippen molar-refractivity contribution in [2.45, 2.75) is 30.3 Å². The standard InChI is InChI=1S/C29H22BrN3O6S/c1-2-32-26(36)21-5-3-4-6-22(21)31-29(32)40-24-15-25(35)33(27(24)37)20-13-9-18(10-14-20)28(38)39-16-23(34)17-7-11-19(30)12-8-17/h3-14,24H,2,15-16H2,1H3. The van der Waals surface area contributed by atoms with Crippen LogP contribution in [0.5, 0.6) is 0 Å². The number of halogens is 1. The number of esters is 1. The highest BCUT2D eigenvalue weighted by atomic mass is 79.9. The van der Waals surface area contributed by atoms with Gasteiger partial charge in [0.2, 0.25) is 11.8 Å². The zero-order valence-corrected chi connectivity index (χ0v) is 23.6. The number of anilines is 1. The molecule has 0 bridgehead atoms. The molecule has 40 heavy (non-hydrogen) atoms. The van der Waals surface area contributed by atoms with E-state index in [1.165, 1.54) is 28.8 Å². The lowest BCUT2D eigenvalue weighted by atomic mass is 10.1. The molecular formula is C29H22BrN3O6S. The molecule has 1 fully saturated rings. The van der Waals surface area contributed by atoms with Gasteiger partial charge in [0.15, 0.2) is 17.5 Å². The summed E-state index contributed by atoms with van der Waals surface area (Å²) in [6.45, 7) is 1.76. The van der Waals surface area contributed by atoms with Crippen LogP contribution in [0.3, 0.4) is 0 Å². The predicted molar refractivity (Wildman–Crippen MR) is 154 cm³/mol. The van der Waals surface area contributed by atoms with Crippen molar-refractivity contribution in [2.24, 2.45) is 0 Å². The van der Waals surface area contributed by atoms with Crippen LogP contribution in [0.25, 0.3) is 10.9 Å². The molecule has 0 spiro atoms. The van der Waals surface area contributed by atoms with Crippen molar-refractivity contribution in [3.05, 3.63) is 98.7 Å². The Morgan fingerprint density at radius 2 is 1.65 bits per heavy atom. The molecule has 1 saturated heterocycles. The molecule has 1 aliphatic rings. The first-order valence-corrected chi connectivity index (χ1v) is 14.0. The van der Waals surface area contributed by atoms with Crippen LogP contribution in [-0.2, 0) is 20.9 Å². The lowest BCUT2D eigenvalue weighted by Gasteiger charge is -2.16. The number of ketones is 1. The Bertz CT molecular complexity index is 1700. The number of benzene rings is 3. The van der Waals surface area contributed by atoms with Crippen LogP contribution < -0.4 is 10.5 Å². The number of rotatable bonds is 8. The fourth-order valence-electron chi connectivity index (χ4n) is 4.29. The number of thioether (sulfide) groups is 1. The first-order chi connectivity index (χ1) is 19.3. The second-order valence-corrected chi connectivity index (χ2v) is 11.0. The first kappa shape index (κ1) is 27.5. The molecule has 4 aromatic rings. The van der Waals surface area contributed by atoms with Crippen molar-refractivity contribution >= 4 is 67.8 Å². The van der Waals surface area contributed by atoms with Crippen LogP contribution in [0.2, 0.25) is 0 Å². The highest BCUT2D eigenvalue weighted by Crippen LogP contribution is 2.33. The molecule has 2 amide bonds. The predicted octanol–water partition coefficient (Wildman–Crippen LogP) is 4.64. The van der Waals surface area contributed by atoms with Gasteiger partial charge in [-0.1, -0.05) is 52.0 Å². The summed E-state index contributed by atoms with van der Waals surface area (Å²) in [6, 6.07) is 19.5. The fraction of sp³-hybridized carbons (Fsp3) is 0.172. The molecule has 0 saturated carbocycles. The van der Waals surface area contributed by atoms with E-state index < -0.39 is 29.6 Å². The Balaban J connectivity index is 1.27. The van der Waals surface area contributed by atoms with Crippen LogP contribution in [-0.4, -0.2) is 45.0 Å². The van der Waals surface area contributed by atoms with Gasteiger partial charge in [-0.15, -0.1) is 0 Å². The van der Waals surface area contributed by atoms with Crippen LogP contribution >= 0.6 is 27.7 Å². The number of hydrogen-bond donors (Lipinski definition) is 0. The van der Waals surface area contributed by atoms with Crippen molar-refractivity contribution in [1.29, 1.82) is 0 Å². The van der Waals surface area contributed by atoms with Gasteiger partial charge in [-0.2, -0.15) is 0 Å². The summed E-state index contributed by atoms with van der Waals surface area (Å²) in [5, 5.41) is 0.100. The molecule has 9 nitrogen and oxygen atoms in total. The topological polar surface area (TPSA) is 116 Å². The number of Topliss-reactive ketones (excluding diaryl/α,β-unsaturated/α-hetero) is 1. The number of imide groups is 1. The zero-order valence-electron chi connectivity index (χ0n) is 21.2. The molecule has 1 unspecified atom stereocenters. The van der Waals surface area contributed by atoms with Gasteiger partial charge >= 0.3 is 5.97 Å². The van der Waals surface area contributed by atoms with Gasteiger partial charge in [-0.3, -0.25) is 23.7 Å². The molecule has 5 rings (SSSR count). The Kier molecular flexibility index (Phi) is 7.95. The summed E-state index contributed by atoms with van der Waals surface area (Å²) >= 11 is 4.39. The second-order valence-electron chi connectivity index (χ2n) is 8.89. The highest BCUT2D eigenvalue weighted by molar-refractivity contribution is 9.10. The van der Waals surface area contributed by atoms with Gasteiger partial charge in [0.1, 0.15) is 5.25 Å². The second kappa shape index (κ2) is 11.6. The molecule has 0 radical (unpaired) electrons. The third-order valence-electron chi connectivity index (χ3n) is 6.36. The number of carbonyl (C=O) groups excluding carboxylic acids is 4. The minimum Gasteiger partial charge on any atom is -0.454 e. The Morgan fingerprint density at radius 1 is 0.975 bits per heavy atom. The summed E-state index contributed by atoms with van der Waals surface area (Å²) < 4.78 is 7.46. The van der Waals surface area contributed by atoms with Crippen molar-refractivity contribution < 1.29 is 23.9 Å². The van der Waals surface area contributed by atoms with E-state index in [9.17, 15) is 24.0 Å². The molecule has 0 aliphatic carbocycles.